The van der Waals surface area contributed by atoms with Gasteiger partial charge in [-0.25, -0.2) is 9.97 Å². The van der Waals surface area contributed by atoms with E-state index in [4.69, 9.17) is 9.72 Å². The van der Waals surface area contributed by atoms with Crippen LogP contribution in [0.2, 0.25) is 0 Å². The molecule has 4 aromatic rings. The van der Waals surface area contributed by atoms with E-state index in [-0.39, 0.29) is 6.01 Å². The second kappa shape index (κ2) is 12.6. The first kappa shape index (κ1) is 29.1. The molecule has 1 aliphatic rings. The summed E-state index contributed by atoms with van der Waals surface area (Å²) in [5.41, 5.74) is 1.58. The second-order valence-electron chi connectivity index (χ2n) is 10.5. The van der Waals surface area contributed by atoms with Crippen molar-refractivity contribution in [3.8, 4) is 27.8 Å². The van der Waals surface area contributed by atoms with Crippen LogP contribution in [0.4, 0.5) is 24.8 Å². The zero-order chi connectivity index (χ0) is 28.9. The Hall–Kier alpha value is -3.38. The summed E-state index contributed by atoms with van der Waals surface area (Å²) in [6.07, 6.45) is 0.817. The molecule has 216 valence electrons. The first-order valence-electron chi connectivity index (χ1n) is 13.5. The molecule has 0 aliphatic carbocycles. The lowest BCUT2D eigenvalue weighted by molar-refractivity contribution is -0.219. The van der Waals surface area contributed by atoms with Crippen LogP contribution in [-0.2, 0) is 6.42 Å². The molecule has 1 aromatic carbocycles. The minimum absolute atomic E-state index is 0.0793. The summed E-state index contributed by atoms with van der Waals surface area (Å²) < 4.78 is 52.8. The van der Waals surface area contributed by atoms with Gasteiger partial charge in [-0.1, -0.05) is 43.2 Å². The first-order valence-corrected chi connectivity index (χ1v) is 15.1. The molecule has 0 radical (unpaired) electrons. The van der Waals surface area contributed by atoms with Crippen LogP contribution in [-0.4, -0.2) is 38.7 Å². The molecular formula is C29H31F3N6OS2. The molecule has 2 N–H and O–H groups in total. The first-order chi connectivity index (χ1) is 19.7. The number of halogens is 3. The lowest BCUT2D eigenvalue weighted by atomic mass is 9.94. The van der Waals surface area contributed by atoms with E-state index in [1.807, 2.05) is 48.5 Å². The Morgan fingerprint density at radius 2 is 1.68 bits per heavy atom. The molecule has 0 atom stereocenters. The monoisotopic (exact) mass is 600 g/mol. The van der Waals surface area contributed by atoms with E-state index < -0.39 is 18.2 Å². The van der Waals surface area contributed by atoms with E-state index >= 15 is 0 Å². The van der Waals surface area contributed by atoms with E-state index in [1.165, 1.54) is 17.5 Å². The fraction of sp³-hybridized carbons (Fsp3) is 0.379. The number of rotatable bonds is 4. The molecule has 0 amide bonds. The van der Waals surface area contributed by atoms with Crippen LogP contribution < -0.4 is 14.8 Å². The molecule has 4 bridgehead atoms. The number of aryl methyl sites for hydroxylation is 1. The van der Waals surface area contributed by atoms with Gasteiger partial charge in [-0.2, -0.15) is 18.2 Å². The van der Waals surface area contributed by atoms with Crippen LogP contribution in [0.15, 0.2) is 59.6 Å². The summed E-state index contributed by atoms with van der Waals surface area (Å²) in [5.74, 6) is 1.48. The molecule has 0 saturated carbocycles. The van der Waals surface area contributed by atoms with Crippen molar-refractivity contribution in [2.24, 2.45) is 5.41 Å². The third kappa shape index (κ3) is 7.28. The number of ether oxygens (including phenoxy) is 1. The zero-order valence-electron chi connectivity index (χ0n) is 22.8. The molecule has 4 heterocycles. The fourth-order valence-corrected chi connectivity index (χ4v) is 5.51. The summed E-state index contributed by atoms with van der Waals surface area (Å²) in [4.78, 5) is 14.1. The highest BCUT2D eigenvalue weighted by molar-refractivity contribution is 8.00. The summed E-state index contributed by atoms with van der Waals surface area (Å²) in [6.45, 7) is 2.48. The molecule has 3 aromatic heterocycles. The average Bonchev–Trinajstić information content (AvgIpc) is 3.43. The molecule has 0 fully saturated rings. The number of anilines is 2. The topological polar surface area (TPSA) is 84.9 Å². The van der Waals surface area contributed by atoms with Crippen molar-refractivity contribution in [1.82, 2.24) is 19.3 Å². The number of nitrogens with one attached hydrogen (secondary N) is 2. The van der Waals surface area contributed by atoms with E-state index in [1.54, 1.807) is 0 Å². The number of fused-ring (bicyclic) bond motifs is 6. The highest BCUT2D eigenvalue weighted by Gasteiger charge is 2.48. The molecule has 12 heteroatoms. The van der Waals surface area contributed by atoms with Gasteiger partial charge in [0.15, 0.2) is 0 Å². The Bertz CT molecular complexity index is 1480. The summed E-state index contributed by atoms with van der Waals surface area (Å²) >= 11 is 2.44. The number of alkyl halides is 3. The Balaban J connectivity index is 1.48. The highest BCUT2D eigenvalue weighted by Crippen LogP contribution is 2.39. The number of hydrogen-bond acceptors (Lipinski definition) is 9. The van der Waals surface area contributed by atoms with Crippen molar-refractivity contribution in [2.45, 2.75) is 57.2 Å². The SMILES string of the molecule is CC(C)(COc1nsc(-c2ccc3nc2-c2ccccc2CCCCCCNc2cccc(n2)SN3)n1)C(F)(F)F. The fourth-order valence-electron chi connectivity index (χ4n) is 4.25. The molecule has 41 heavy (non-hydrogen) atoms. The van der Waals surface area contributed by atoms with Crippen molar-refractivity contribution in [3.63, 3.8) is 0 Å². The summed E-state index contributed by atoms with van der Waals surface area (Å²) in [5, 5.41) is 4.73. The van der Waals surface area contributed by atoms with Gasteiger partial charge in [0.1, 0.15) is 28.3 Å². The number of aromatic nitrogens is 4. The number of hydrogen-bond donors (Lipinski definition) is 2. The van der Waals surface area contributed by atoms with Gasteiger partial charge in [0.05, 0.1) is 11.1 Å². The second-order valence-corrected chi connectivity index (χ2v) is 12.0. The van der Waals surface area contributed by atoms with Gasteiger partial charge in [0, 0.05) is 29.6 Å². The van der Waals surface area contributed by atoms with E-state index in [9.17, 15) is 13.2 Å². The maximum atomic E-state index is 13.3. The Kier molecular flexibility index (Phi) is 8.98. The molecule has 7 nitrogen and oxygen atoms in total. The molecular weight excluding hydrogens is 569 g/mol. The summed E-state index contributed by atoms with van der Waals surface area (Å²) in [7, 11) is 0. The van der Waals surface area contributed by atoms with E-state index in [0.717, 1.165) is 91.7 Å². The molecule has 0 spiro atoms. The Labute approximate surface area is 245 Å². The molecule has 0 saturated heterocycles. The lowest BCUT2D eigenvalue weighted by Crippen LogP contribution is -2.37. The van der Waals surface area contributed by atoms with Crippen molar-refractivity contribution in [2.75, 3.05) is 23.2 Å². The molecule has 1 aliphatic heterocycles. The van der Waals surface area contributed by atoms with E-state index in [0.29, 0.717) is 10.8 Å². The predicted octanol–water partition coefficient (Wildman–Crippen LogP) is 8.28. The van der Waals surface area contributed by atoms with Gasteiger partial charge in [-0.05, 0) is 74.5 Å². The van der Waals surface area contributed by atoms with Crippen LogP contribution in [0, 0.1) is 5.41 Å². The number of pyridine rings is 2. The zero-order valence-corrected chi connectivity index (χ0v) is 24.4. The van der Waals surface area contributed by atoms with Crippen molar-refractivity contribution in [3.05, 3.63) is 60.2 Å². The summed E-state index contributed by atoms with van der Waals surface area (Å²) in [6, 6.07) is 17.7. The maximum absolute atomic E-state index is 13.3. The quantitative estimate of drug-likeness (QED) is 0.227. The standard InChI is InChI=1S/C29H31F3N6OS2/c1-28(2,29(30,31)32)18-39-27-36-26(41-38-27)21-15-16-23-35-25(21)20-12-7-6-11-19(20)10-5-3-4-8-17-33-22-13-9-14-24(34-22)40-37-23/h6-7,9,11-16H,3-5,8,10,17-18H2,1-2H3,(H,33,34)(H,35,37). The van der Waals surface area contributed by atoms with Crippen LogP contribution in [0.1, 0.15) is 45.1 Å². The predicted molar refractivity (Wildman–Crippen MR) is 158 cm³/mol. The third-order valence-electron chi connectivity index (χ3n) is 6.80. The van der Waals surface area contributed by atoms with Gasteiger partial charge in [0.2, 0.25) is 0 Å². The normalized spacial score (nSPS) is 14.8. The van der Waals surface area contributed by atoms with Crippen LogP contribution in [0.25, 0.3) is 21.8 Å². The Morgan fingerprint density at radius 1 is 0.854 bits per heavy atom. The maximum Gasteiger partial charge on any atom is 0.397 e. The number of benzene rings is 1. The van der Waals surface area contributed by atoms with Gasteiger partial charge in [-0.3, -0.25) is 0 Å². The smallest absolute Gasteiger partial charge is 0.397 e. The van der Waals surface area contributed by atoms with E-state index in [2.05, 4.69) is 30.4 Å². The van der Waals surface area contributed by atoms with Crippen molar-refractivity contribution < 1.29 is 17.9 Å². The highest BCUT2D eigenvalue weighted by atomic mass is 32.2. The third-order valence-corrected chi connectivity index (χ3v) is 8.28. The van der Waals surface area contributed by atoms with Crippen LogP contribution >= 0.6 is 23.5 Å². The largest absolute Gasteiger partial charge is 0.462 e. The van der Waals surface area contributed by atoms with Gasteiger partial charge < -0.3 is 14.8 Å². The Morgan fingerprint density at radius 3 is 2.54 bits per heavy atom. The minimum Gasteiger partial charge on any atom is -0.462 e. The molecule has 0 unspecified atom stereocenters. The van der Waals surface area contributed by atoms with Gasteiger partial charge >= 0.3 is 12.2 Å². The van der Waals surface area contributed by atoms with Crippen LogP contribution in [0.5, 0.6) is 6.01 Å². The van der Waals surface area contributed by atoms with Gasteiger partial charge in [0.25, 0.3) is 0 Å². The lowest BCUT2D eigenvalue weighted by Gasteiger charge is -2.26. The average molecular weight is 601 g/mol. The molecule has 5 rings (SSSR count). The van der Waals surface area contributed by atoms with Crippen molar-refractivity contribution >= 4 is 35.1 Å². The van der Waals surface area contributed by atoms with Crippen molar-refractivity contribution in [1.29, 1.82) is 0 Å². The minimum atomic E-state index is -4.40. The van der Waals surface area contributed by atoms with Crippen LogP contribution in [0.3, 0.4) is 0 Å². The number of nitrogens with zero attached hydrogens (tertiary/aromatic N) is 4. The van der Waals surface area contributed by atoms with Gasteiger partial charge in [-0.15, -0.1) is 4.37 Å².